The van der Waals surface area contributed by atoms with E-state index in [9.17, 15) is 13.2 Å². The highest BCUT2D eigenvalue weighted by atomic mass is 35.5. The van der Waals surface area contributed by atoms with Gasteiger partial charge in [-0.3, -0.25) is 0 Å². The molecule has 1 heterocycles. The summed E-state index contributed by atoms with van der Waals surface area (Å²) in [5, 5.41) is 29.4. The van der Waals surface area contributed by atoms with E-state index in [1.165, 1.54) is 0 Å². The number of aromatic nitrogens is 1. The summed E-state index contributed by atoms with van der Waals surface area (Å²) in [4.78, 5) is 3.39. The molecule has 94 valence electrons. The number of anilines is 1. The van der Waals surface area contributed by atoms with E-state index in [-0.39, 0.29) is 0 Å². The van der Waals surface area contributed by atoms with Gasteiger partial charge in [0.2, 0.25) is 0 Å². The zero-order chi connectivity index (χ0) is 13.9. The van der Waals surface area contributed by atoms with E-state index in [0.29, 0.717) is 0 Å². The van der Waals surface area contributed by atoms with Crippen molar-refractivity contribution < 1.29 is 23.4 Å². The van der Waals surface area contributed by atoms with E-state index in [2.05, 4.69) is 4.98 Å². The predicted octanol–water partition coefficient (Wildman–Crippen LogP) is 1.05. The van der Waals surface area contributed by atoms with E-state index in [4.69, 9.17) is 38.3 Å². The largest absolute Gasteiger partial charge is 0.447 e. The number of nitrogens with zero attached hydrogens (tertiary/aromatic N) is 3. The average molecular weight is 271 g/mol. The zero-order valence-corrected chi connectivity index (χ0v) is 8.74. The Morgan fingerprint density at radius 1 is 1.29 bits per heavy atom. The Balaban J connectivity index is 0.00000121. The maximum Gasteiger partial charge on any atom is 0.447 e. The Morgan fingerprint density at radius 3 is 2.18 bits per heavy atom. The highest BCUT2D eigenvalue weighted by Gasteiger charge is 2.55. The topological polar surface area (TPSA) is 127 Å². The number of rotatable bonds is 1. The summed E-state index contributed by atoms with van der Waals surface area (Å²) in [6.45, 7) is 0. The van der Waals surface area contributed by atoms with Gasteiger partial charge in [-0.05, 0) is 6.07 Å². The predicted molar refractivity (Wildman–Crippen MR) is 49.3 cm³/mol. The molecule has 0 aliphatic carbocycles. The number of hydrogen-bond acceptors (Lipinski definition) is 6. The van der Waals surface area contributed by atoms with Crippen molar-refractivity contribution in [3.63, 3.8) is 0 Å². The van der Waals surface area contributed by atoms with Gasteiger partial charge in [0, 0.05) is 22.5 Å². The van der Waals surface area contributed by atoms with Gasteiger partial charge in [0.05, 0.1) is 5.69 Å². The smallest absolute Gasteiger partial charge is 0.396 e. The van der Waals surface area contributed by atoms with Crippen molar-refractivity contribution in [2.24, 2.45) is 0 Å². The molecule has 0 radical (unpaired) electrons. The second kappa shape index (κ2) is 5.13. The zero-order valence-electron chi connectivity index (χ0n) is 7.98. The van der Waals surface area contributed by atoms with Crippen molar-refractivity contribution >= 4 is 17.3 Å². The lowest BCUT2D eigenvalue weighted by molar-refractivity contribution is -0.358. The van der Waals surface area contributed by atoms with Gasteiger partial charge in [0.15, 0.2) is 5.15 Å². The van der Waals surface area contributed by atoms with Crippen molar-refractivity contribution in [3.05, 3.63) is 23.0 Å². The minimum absolute atomic E-state index is 0.427. The van der Waals surface area contributed by atoms with Crippen molar-refractivity contribution in [2.75, 3.05) is 5.73 Å². The van der Waals surface area contributed by atoms with Crippen LogP contribution in [-0.2, 0) is 5.79 Å². The number of pyridine rings is 1. The van der Waals surface area contributed by atoms with Gasteiger partial charge in [-0.2, -0.15) is 13.2 Å². The third kappa shape index (κ3) is 2.94. The SMILES string of the molecule is N#N.Nc1c(C(O)(O)C(F)(F)F)ccnc1Cl. The Hall–Kier alpha value is -1.63. The van der Waals surface area contributed by atoms with Crippen LogP contribution in [0.25, 0.3) is 0 Å². The molecule has 0 spiro atoms. The standard InChI is InChI=1S/C7H6ClF3N2O2.N2/c8-5-4(12)3(1-2-13-5)6(14,15)7(9,10)11;1-2/h1-2,14-15H,12H2;. The molecule has 1 aromatic rings. The molecule has 0 atom stereocenters. The van der Waals surface area contributed by atoms with Crippen molar-refractivity contribution in [1.29, 1.82) is 10.8 Å². The molecule has 0 fully saturated rings. The van der Waals surface area contributed by atoms with E-state index in [1.54, 1.807) is 0 Å². The monoisotopic (exact) mass is 270 g/mol. The quantitative estimate of drug-likeness (QED) is 0.397. The normalized spacial score (nSPS) is 11.5. The molecule has 0 amide bonds. The minimum atomic E-state index is -5.27. The first-order chi connectivity index (χ1) is 7.68. The van der Waals surface area contributed by atoms with Crippen LogP contribution < -0.4 is 5.73 Å². The molecule has 6 nitrogen and oxygen atoms in total. The molecular weight excluding hydrogens is 265 g/mol. The molecule has 1 aromatic heterocycles. The van der Waals surface area contributed by atoms with Crippen LogP contribution in [-0.4, -0.2) is 21.4 Å². The summed E-state index contributed by atoms with van der Waals surface area (Å²) >= 11 is 5.34. The van der Waals surface area contributed by atoms with Gasteiger partial charge in [0.1, 0.15) is 0 Å². The highest BCUT2D eigenvalue weighted by Crippen LogP contribution is 2.40. The fourth-order valence-corrected chi connectivity index (χ4v) is 1.06. The van der Waals surface area contributed by atoms with Crippen molar-refractivity contribution in [3.8, 4) is 0 Å². The Bertz CT molecular complexity index is 421. The number of alkyl halides is 3. The fraction of sp³-hybridized carbons (Fsp3) is 0.286. The second-order valence-electron chi connectivity index (χ2n) is 2.73. The molecule has 17 heavy (non-hydrogen) atoms. The maximum absolute atomic E-state index is 12.2. The molecule has 4 N–H and O–H groups in total. The van der Waals surface area contributed by atoms with Crippen LogP contribution in [0.2, 0.25) is 5.15 Å². The summed E-state index contributed by atoms with van der Waals surface area (Å²) < 4.78 is 36.6. The molecule has 0 bridgehead atoms. The first-order valence-corrected chi connectivity index (χ1v) is 4.17. The van der Waals surface area contributed by atoms with E-state index in [1.807, 2.05) is 0 Å². The molecule has 0 saturated heterocycles. The molecular formula is C7H6ClF3N4O2. The number of aliphatic hydroxyl groups is 2. The van der Waals surface area contributed by atoms with Gasteiger partial charge < -0.3 is 15.9 Å². The van der Waals surface area contributed by atoms with Crippen molar-refractivity contribution in [1.82, 2.24) is 4.98 Å². The summed E-state index contributed by atoms with van der Waals surface area (Å²) in [6.07, 6.45) is -4.38. The van der Waals surface area contributed by atoms with Crippen LogP contribution in [0.15, 0.2) is 12.3 Å². The summed E-state index contributed by atoms with van der Waals surface area (Å²) in [5.41, 5.74) is 3.58. The molecule has 0 aromatic carbocycles. The Labute approximate surface area is 97.9 Å². The summed E-state index contributed by atoms with van der Waals surface area (Å²) in [5.74, 6) is -4.04. The molecule has 0 saturated carbocycles. The van der Waals surface area contributed by atoms with E-state index in [0.717, 1.165) is 12.3 Å². The summed E-state index contributed by atoms with van der Waals surface area (Å²) in [6, 6.07) is 0.731. The van der Waals surface area contributed by atoms with Crippen LogP contribution in [0.5, 0.6) is 0 Å². The lowest BCUT2D eigenvalue weighted by Gasteiger charge is -2.25. The third-order valence-electron chi connectivity index (χ3n) is 1.71. The number of nitrogen functional groups attached to an aromatic ring is 1. The average Bonchev–Trinajstić information content (AvgIpc) is 2.23. The molecule has 0 aliphatic rings. The van der Waals surface area contributed by atoms with Crippen LogP contribution >= 0.6 is 11.6 Å². The maximum atomic E-state index is 12.2. The van der Waals surface area contributed by atoms with E-state index < -0.39 is 28.4 Å². The molecule has 1 rings (SSSR count). The lowest BCUT2D eigenvalue weighted by atomic mass is 10.1. The third-order valence-corrected chi connectivity index (χ3v) is 2.01. The van der Waals surface area contributed by atoms with Gasteiger partial charge >= 0.3 is 6.18 Å². The molecule has 0 aliphatic heterocycles. The molecule has 10 heteroatoms. The van der Waals surface area contributed by atoms with Gasteiger partial charge in [-0.25, -0.2) is 4.98 Å². The second-order valence-corrected chi connectivity index (χ2v) is 3.09. The van der Waals surface area contributed by atoms with E-state index >= 15 is 0 Å². The number of hydrogen-bond donors (Lipinski definition) is 3. The highest BCUT2D eigenvalue weighted by molar-refractivity contribution is 6.31. The van der Waals surface area contributed by atoms with Gasteiger partial charge in [-0.15, -0.1) is 0 Å². The van der Waals surface area contributed by atoms with Crippen LogP contribution in [0.1, 0.15) is 5.56 Å². The number of halogens is 4. The Kier molecular flexibility index (Phi) is 4.64. The fourth-order valence-electron chi connectivity index (χ4n) is 0.904. The minimum Gasteiger partial charge on any atom is -0.396 e. The Morgan fingerprint density at radius 2 is 1.76 bits per heavy atom. The summed E-state index contributed by atoms with van der Waals surface area (Å²) in [7, 11) is 0. The van der Waals surface area contributed by atoms with Gasteiger partial charge in [0.25, 0.3) is 5.79 Å². The first-order valence-electron chi connectivity index (χ1n) is 3.80. The van der Waals surface area contributed by atoms with Crippen LogP contribution in [0.4, 0.5) is 18.9 Å². The van der Waals surface area contributed by atoms with Crippen LogP contribution in [0, 0.1) is 10.8 Å². The lowest BCUT2D eigenvalue weighted by Crippen LogP contribution is -2.42. The van der Waals surface area contributed by atoms with Crippen molar-refractivity contribution in [2.45, 2.75) is 12.0 Å². The number of nitrogens with two attached hydrogens (primary N) is 1. The van der Waals surface area contributed by atoms with Gasteiger partial charge in [-0.1, -0.05) is 11.6 Å². The van der Waals surface area contributed by atoms with Crippen LogP contribution in [0.3, 0.4) is 0 Å². The first kappa shape index (κ1) is 15.4. The molecule has 0 unspecified atom stereocenters.